The minimum absolute atomic E-state index is 0.0352. The van der Waals surface area contributed by atoms with Gasteiger partial charge in [0.25, 0.3) is 5.91 Å². The Morgan fingerprint density at radius 2 is 2.00 bits per heavy atom. The summed E-state index contributed by atoms with van der Waals surface area (Å²) in [5.74, 6) is -1.16. The molecule has 1 aromatic rings. The summed E-state index contributed by atoms with van der Waals surface area (Å²) in [6.07, 6.45) is 0.424. The van der Waals surface area contributed by atoms with E-state index >= 15 is 0 Å². The Hall–Kier alpha value is -1.43. The van der Waals surface area contributed by atoms with Crippen LogP contribution < -0.4 is 5.32 Å². The zero-order valence-electron chi connectivity index (χ0n) is 13.4. The predicted molar refractivity (Wildman–Crippen MR) is 83.5 cm³/mol. The van der Waals surface area contributed by atoms with Crippen LogP contribution in [0.3, 0.4) is 0 Å². The van der Waals surface area contributed by atoms with Gasteiger partial charge < -0.3 is 20.3 Å². The molecule has 1 aromatic carbocycles. The van der Waals surface area contributed by atoms with Gasteiger partial charge in [-0.05, 0) is 24.8 Å². The summed E-state index contributed by atoms with van der Waals surface area (Å²) in [6, 6.07) is 9.81. The van der Waals surface area contributed by atoms with Gasteiger partial charge in [-0.2, -0.15) is 0 Å². The van der Waals surface area contributed by atoms with Gasteiger partial charge in [0.1, 0.15) is 0 Å². The summed E-state index contributed by atoms with van der Waals surface area (Å²) in [7, 11) is 0. The van der Waals surface area contributed by atoms with Gasteiger partial charge in [-0.25, -0.2) is 0 Å². The monoisotopic (exact) mass is 317 g/mol. The standard InChI is InChI=1S/C18H23NO4/c1-10-14-13(8-11-6-4-3-5-7-11)19-16(21)18(14,22)12(9-20)15-17(10,2)23-15/h3-7,10,12-15,20,22H,8-9H2,1-2H3,(H,19,21)/t10?,12-,13?,14-,15-,17+,18+/m0/s1. The highest BCUT2D eigenvalue weighted by atomic mass is 16.6. The topological polar surface area (TPSA) is 82.1 Å². The van der Waals surface area contributed by atoms with Crippen molar-refractivity contribution in [2.24, 2.45) is 17.8 Å². The van der Waals surface area contributed by atoms with Crippen molar-refractivity contribution in [2.75, 3.05) is 6.61 Å². The Morgan fingerprint density at radius 3 is 2.65 bits per heavy atom. The molecule has 3 N–H and O–H groups in total. The van der Waals surface area contributed by atoms with E-state index in [9.17, 15) is 15.0 Å². The number of aliphatic hydroxyl groups excluding tert-OH is 1. The first kappa shape index (κ1) is 15.1. The van der Waals surface area contributed by atoms with Crippen molar-refractivity contribution in [2.45, 2.75) is 43.6 Å². The van der Waals surface area contributed by atoms with Gasteiger partial charge in [-0.1, -0.05) is 37.3 Å². The second-order valence-corrected chi connectivity index (χ2v) is 7.42. The van der Waals surface area contributed by atoms with E-state index in [2.05, 4.69) is 5.32 Å². The van der Waals surface area contributed by atoms with Gasteiger partial charge >= 0.3 is 0 Å². The Kier molecular flexibility index (Phi) is 3.15. The largest absolute Gasteiger partial charge is 0.396 e. The van der Waals surface area contributed by atoms with Crippen LogP contribution in [0, 0.1) is 17.8 Å². The number of benzene rings is 1. The smallest absolute Gasteiger partial charge is 0.253 e. The van der Waals surface area contributed by atoms with E-state index in [1.807, 2.05) is 44.2 Å². The number of fused-ring (bicyclic) bond motifs is 2. The summed E-state index contributed by atoms with van der Waals surface area (Å²) in [6.45, 7) is 3.82. The van der Waals surface area contributed by atoms with Crippen LogP contribution in [0.25, 0.3) is 0 Å². The van der Waals surface area contributed by atoms with Gasteiger partial charge in [0.2, 0.25) is 0 Å². The molecule has 0 bridgehead atoms. The molecular weight excluding hydrogens is 294 g/mol. The second kappa shape index (κ2) is 4.79. The lowest BCUT2D eigenvalue weighted by Crippen LogP contribution is -2.60. The van der Waals surface area contributed by atoms with Crippen LogP contribution in [0.1, 0.15) is 19.4 Å². The lowest BCUT2D eigenvalue weighted by molar-refractivity contribution is -0.155. The highest BCUT2D eigenvalue weighted by Crippen LogP contribution is 2.61. The van der Waals surface area contributed by atoms with Gasteiger partial charge in [0.15, 0.2) is 5.60 Å². The molecule has 5 nitrogen and oxygen atoms in total. The average Bonchev–Trinajstić information content (AvgIpc) is 3.14. The molecule has 23 heavy (non-hydrogen) atoms. The molecule has 4 rings (SSSR count). The molecule has 0 aromatic heterocycles. The van der Waals surface area contributed by atoms with E-state index in [4.69, 9.17) is 4.74 Å². The van der Waals surface area contributed by atoms with E-state index in [-0.39, 0.29) is 42.1 Å². The molecule has 3 fully saturated rings. The minimum atomic E-state index is -1.55. The third-order valence-electron chi connectivity index (χ3n) is 6.38. The molecule has 1 aliphatic carbocycles. The highest BCUT2D eigenvalue weighted by Gasteiger charge is 2.76. The third-order valence-corrected chi connectivity index (χ3v) is 6.38. The van der Waals surface area contributed by atoms with Crippen LogP contribution in [0.4, 0.5) is 0 Å². The van der Waals surface area contributed by atoms with Crippen molar-refractivity contribution < 1.29 is 19.7 Å². The van der Waals surface area contributed by atoms with E-state index < -0.39 is 11.5 Å². The normalized spacial score (nSPS) is 47.7. The maximum absolute atomic E-state index is 12.6. The first-order chi connectivity index (χ1) is 10.9. The molecule has 2 aliphatic heterocycles. The number of epoxide rings is 1. The lowest BCUT2D eigenvalue weighted by Gasteiger charge is -2.43. The fraction of sp³-hybridized carbons (Fsp3) is 0.611. The zero-order valence-corrected chi connectivity index (χ0v) is 13.4. The second-order valence-electron chi connectivity index (χ2n) is 7.42. The molecule has 5 heteroatoms. The van der Waals surface area contributed by atoms with Crippen molar-refractivity contribution in [1.29, 1.82) is 0 Å². The quantitative estimate of drug-likeness (QED) is 0.709. The molecule has 1 amide bonds. The molecule has 7 atom stereocenters. The van der Waals surface area contributed by atoms with Crippen LogP contribution in [0.15, 0.2) is 30.3 Å². The minimum Gasteiger partial charge on any atom is -0.396 e. The summed E-state index contributed by atoms with van der Waals surface area (Å²) in [4.78, 5) is 12.6. The van der Waals surface area contributed by atoms with Gasteiger partial charge in [-0.15, -0.1) is 0 Å². The zero-order chi connectivity index (χ0) is 16.4. The first-order valence-corrected chi connectivity index (χ1v) is 8.29. The van der Waals surface area contributed by atoms with E-state index in [1.54, 1.807) is 0 Å². The molecular formula is C18H23NO4. The molecule has 2 saturated heterocycles. The summed E-state index contributed by atoms with van der Waals surface area (Å²) < 4.78 is 5.83. The van der Waals surface area contributed by atoms with Crippen LogP contribution in [0.2, 0.25) is 0 Å². The van der Waals surface area contributed by atoms with Gasteiger partial charge in [0, 0.05) is 17.9 Å². The number of aliphatic hydroxyl groups is 2. The van der Waals surface area contributed by atoms with Crippen LogP contribution >= 0.6 is 0 Å². The predicted octanol–water partition coefficient (Wildman–Crippen LogP) is 0.490. The maximum atomic E-state index is 12.6. The first-order valence-electron chi connectivity index (χ1n) is 8.29. The number of amides is 1. The van der Waals surface area contributed by atoms with E-state index in [0.717, 1.165) is 5.56 Å². The molecule has 0 radical (unpaired) electrons. The van der Waals surface area contributed by atoms with Gasteiger partial charge in [0.05, 0.1) is 18.3 Å². The molecule has 2 heterocycles. The number of ether oxygens (including phenoxy) is 1. The molecule has 124 valence electrons. The van der Waals surface area contributed by atoms with E-state index in [0.29, 0.717) is 6.42 Å². The van der Waals surface area contributed by atoms with Gasteiger partial charge in [-0.3, -0.25) is 4.79 Å². The number of nitrogens with one attached hydrogen (secondary N) is 1. The maximum Gasteiger partial charge on any atom is 0.253 e. The van der Waals surface area contributed by atoms with Crippen molar-refractivity contribution in [3.8, 4) is 0 Å². The Balaban J connectivity index is 1.70. The fourth-order valence-electron chi connectivity index (χ4n) is 4.93. The molecule has 2 unspecified atom stereocenters. The Labute approximate surface area is 135 Å². The SMILES string of the molecule is CC1[C@H]2C(Cc3ccccc3)NC(=O)[C@@]2(O)[C@@H](CO)[C@@H]2O[C@]12C. The van der Waals surface area contributed by atoms with Crippen molar-refractivity contribution in [1.82, 2.24) is 5.32 Å². The van der Waals surface area contributed by atoms with Crippen LogP contribution in [-0.2, 0) is 16.0 Å². The number of carbonyl (C=O) groups excluding carboxylic acids is 1. The van der Waals surface area contributed by atoms with Crippen LogP contribution in [-0.4, -0.2) is 46.1 Å². The Morgan fingerprint density at radius 1 is 1.30 bits per heavy atom. The Bertz CT molecular complexity index is 635. The average molecular weight is 317 g/mol. The van der Waals surface area contributed by atoms with Crippen LogP contribution in [0.5, 0.6) is 0 Å². The van der Waals surface area contributed by atoms with Crippen molar-refractivity contribution in [3.05, 3.63) is 35.9 Å². The molecule has 0 spiro atoms. The summed E-state index contributed by atoms with van der Waals surface area (Å²) in [5.41, 5.74) is -0.779. The number of carbonyl (C=O) groups is 1. The lowest BCUT2D eigenvalue weighted by atomic mass is 9.59. The number of rotatable bonds is 3. The van der Waals surface area contributed by atoms with Crippen molar-refractivity contribution >= 4 is 5.91 Å². The molecule has 3 aliphatic rings. The highest BCUT2D eigenvalue weighted by molar-refractivity contribution is 5.89. The van der Waals surface area contributed by atoms with Crippen molar-refractivity contribution in [3.63, 3.8) is 0 Å². The number of hydrogen-bond acceptors (Lipinski definition) is 4. The number of hydrogen-bond donors (Lipinski definition) is 3. The third kappa shape index (κ3) is 1.87. The fourth-order valence-corrected chi connectivity index (χ4v) is 4.93. The van der Waals surface area contributed by atoms with E-state index in [1.165, 1.54) is 0 Å². The molecule has 1 saturated carbocycles. The summed E-state index contributed by atoms with van der Waals surface area (Å²) >= 11 is 0. The summed E-state index contributed by atoms with van der Waals surface area (Å²) in [5, 5.41) is 24.0.